The quantitative estimate of drug-likeness (QED) is 0.710. The average molecular weight is 392 g/mol. The van der Waals surface area contributed by atoms with E-state index in [-0.39, 0.29) is 5.91 Å². The van der Waals surface area contributed by atoms with Gasteiger partial charge in [-0.25, -0.2) is 0 Å². The third-order valence-corrected chi connectivity index (χ3v) is 4.66. The fourth-order valence-corrected chi connectivity index (χ4v) is 3.04. The molecule has 0 aliphatic rings. The number of halogens is 1. The molecule has 0 spiro atoms. The highest BCUT2D eigenvalue weighted by atomic mass is 79.9. The third kappa shape index (κ3) is 4.29. The van der Waals surface area contributed by atoms with E-state index in [9.17, 15) is 4.79 Å². The summed E-state index contributed by atoms with van der Waals surface area (Å²) in [6, 6.07) is 13.6. The van der Waals surface area contributed by atoms with Gasteiger partial charge in [0, 0.05) is 18.7 Å². The number of likely N-dealkylation sites (N-methyl/N-ethyl adjacent to an activating group) is 1. The first-order valence-electron chi connectivity index (χ1n) is 7.85. The second kappa shape index (κ2) is 8.73. The van der Waals surface area contributed by atoms with E-state index in [0.29, 0.717) is 34.6 Å². The van der Waals surface area contributed by atoms with Crippen LogP contribution in [-0.2, 0) is 6.42 Å². The Kier molecular flexibility index (Phi) is 6.67. The fourth-order valence-electron chi connectivity index (χ4n) is 2.49. The summed E-state index contributed by atoms with van der Waals surface area (Å²) in [6.07, 6.45) is 0.825. The van der Waals surface area contributed by atoms with Crippen LogP contribution >= 0.6 is 15.9 Å². The highest BCUT2D eigenvalue weighted by Crippen LogP contribution is 2.35. The fraction of sp³-hybridized carbons (Fsp3) is 0.316. The number of amides is 1. The summed E-state index contributed by atoms with van der Waals surface area (Å²) in [4.78, 5) is 14.7. The van der Waals surface area contributed by atoms with E-state index < -0.39 is 0 Å². The highest BCUT2D eigenvalue weighted by molar-refractivity contribution is 9.10. The van der Waals surface area contributed by atoms with Gasteiger partial charge in [-0.2, -0.15) is 0 Å². The van der Waals surface area contributed by atoms with Crippen LogP contribution in [0, 0.1) is 0 Å². The topological polar surface area (TPSA) is 38.8 Å². The Morgan fingerprint density at radius 3 is 2.17 bits per heavy atom. The van der Waals surface area contributed by atoms with E-state index in [0.717, 1.165) is 6.42 Å². The molecule has 0 fully saturated rings. The van der Waals surface area contributed by atoms with Crippen LogP contribution in [0.5, 0.6) is 11.5 Å². The van der Waals surface area contributed by atoms with Crippen molar-refractivity contribution in [2.45, 2.75) is 13.3 Å². The molecule has 0 atom stereocenters. The van der Waals surface area contributed by atoms with Gasteiger partial charge >= 0.3 is 0 Å². The number of ether oxygens (including phenoxy) is 2. The zero-order chi connectivity index (χ0) is 17.5. The number of hydrogen-bond acceptors (Lipinski definition) is 3. The maximum atomic E-state index is 12.8. The normalized spacial score (nSPS) is 10.3. The lowest BCUT2D eigenvalue weighted by Crippen LogP contribution is -2.32. The lowest BCUT2D eigenvalue weighted by Gasteiger charge is -2.22. The minimum Gasteiger partial charge on any atom is -0.495 e. The van der Waals surface area contributed by atoms with Crippen LogP contribution < -0.4 is 9.47 Å². The molecule has 0 aromatic heterocycles. The van der Waals surface area contributed by atoms with Crippen molar-refractivity contribution in [2.75, 3.05) is 27.3 Å². The molecule has 2 rings (SSSR count). The minimum absolute atomic E-state index is 0.0301. The second-order valence-electron chi connectivity index (χ2n) is 5.32. The molecule has 0 bridgehead atoms. The summed E-state index contributed by atoms with van der Waals surface area (Å²) in [5, 5.41) is 0. The Morgan fingerprint density at radius 2 is 1.67 bits per heavy atom. The summed E-state index contributed by atoms with van der Waals surface area (Å²) < 4.78 is 11.4. The molecule has 2 aromatic carbocycles. The molecule has 0 saturated carbocycles. The SMILES string of the molecule is CCN(CCc1ccccc1)C(=O)c1cc(OC)c(Br)c(OC)c1. The summed E-state index contributed by atoms with van der Waals surface area (Å²) in [5.74, 6) is 1.13. The Bertz CT molecular complexity index is 663. The molecule has 0 radical (unpaired) electrons. The Morgan fingerprint density at radius 1 is 1.08 bits per heavy atom. The van der Waals surface area contributed by atoms with Crippen molar-refractivity contribution in [1.82, 2.24) is 4.90 Å². The first kappa shape index (κ1) is 18.3. The predicted octanol–water partition coefficient (Wildman–Crippen LogP) is 4.17. The van der Waals surface area contributed by atoms with Gasteiger partial charge in [-0.15, -0.1) is 0 Å². The molecule has 1 amide bonds. The summed E-state index contributed by atoms with van der Waals surface area (Å²) in [7, 11) is 3.14. The Balaban J connectivity index is 2.18. The van der Waals surface area contributed by atoms with E-state index in [1.54, 1.807) is 26.4 Å². The summed E-state index contributed by atoms with van der Waals surface area (Å²) in [6.45, 7) is 3.29. The summed E-state index contributed by atoms with van der Waals surface area (Å²) >= 11 is 3.43. The van der Waals surface area contributed by atoms with Gasteiger partial charge in [-0.3, -0.25) is 4.79 Å². The van der Waals surface area contributed by atoms with Crippen LogP contribution in [0.2, 0.25) is 0 Å². The number of carbonyl (C=O) groups excluding carboxylic acids is 1. The second-order valence-corrected chi connectivity index (χ2v) is 6.11. The molecule has 0 heterocycles. The van der Waals surface area contributed by atoms with Gasteiger partial charge in [0.15, 0.2) is 0 Å². The van der Waals surface area contributed by atoms with Crippen molar-refractivity contribution < 1.29 is 14.3 Å². The minimum atomic E-state index is -0.0301. The molecule has 0 aliphatic carbocycles. The monoisotopic (exact) mass is 391 g/mol. The smallest absolute Gasteiger partial charge is 0.254 e. The van der Waals surface area contributed by atoms with Crippen molar-refractivity contribution in [3.8, 4) is 11.5 Å². The number of rotatable bonds is 7. The van der Waals surface area contributed by atoms with Gasteiger partial charge < -0.3 is 14.4 Å². The van der Waals surface area contributed by atoms with E-state index in [4.69, 9.17) is 9.47 Å². The van der Waals surface area contributed by atoms with E-state index in [1.165, 1.54) is 5.56 Å². The lowest BCUT2D eigenvalue weighted by molar-refractivity contribution is 0.0765. The molecule has 0 unspecified atom stereocenters. The molecule has 24 heavy (non-hydrogen) atoms. The molecule has 0 aliphatic heterocycles. The number of nitrogens with zero attached hydrogens (tertiary/aromatic N) is 1. The van der Waals surface area contributed by atoms with Crippen molar-refractivity contribution in [2.24, 2.45) is 0 Å². The van der Waals surface area contributed by atoms with E-state index >= 15 is 0 Å². The van der Waals surface area contributed by atoms with Crippen LogP contribution in [0.1, 0.15) is 22.8 Å². The number of methoxy groups -OCH3 is 2. The van der Waals surface area contributed by atoms with E-state index in [2.05, 4.69) is 28.1 Å². The van der Waals surface area contributed by atoms with Crippen LogP contribution in [0.4, 0.5) is 0 Å². The molecule has 5 heteroatoms. The molecular weight excluding hydrogens is 370 g/mol. The molecular formula is C19H22BrNO3. The number of carbonyl (C=O) groups is 1. The number of hydrogen-bond donors (Lipinski definition) is 0. The van der Waals surface area contributed by atoms with Gasteiger partial charge in [-0.1, -0.05) is 30.3 Å². The van der Waals surface area contributed by atoms with Crippen molar-refractivity contribution in [3.63, 3.8) is 0 Å². The Labute approximate surface area is 151 Å². The highest BCUT2D eigenvalue weighted by Gasteiger charge is 2.18. The van der Waals surface area contributed by atoms with Crippen LogP contribution in [0.3, 0.4) is 0 Å². The van der Waals surface area contributed by atoms with Crippen LogP contribution in [0.25, 0.3) is 0 Å². The molecule has 2 aromatic rings. The van der Waals surface area contributed by atoms with Crippen molar-refractivity contribution >= 4 is 21.8 Å². The van der Waals surface area contributed by atoms with E-state index in [1.807, 2.05) is 30.0 Å². The van der Waals surface area contributed by atoms with Crippen molar-refractivity contribution in [3.05, 3.63) is 58.1 Å². The van der Waals surface area contributed by atoms with Crippen LogP contribution in [0.15, 0.2) is 46.9 Å². The van der Waals surface area contributed by atoms with Gasteiger partial charge in [0.05, 0.1) is 14.2 Å². The average Bonchev–Trinajstić information content (AvgIpc) is 2.63. The largest absolute Gasteiger partial charge is 0.495 e. The lowest BCUT2D eigenvalue weighted by atomic mass is 10.1. The maximum Gasteiger partial charge on any atom is 0.254 e. The molecule has 128 valence electrons. The van der Waals surface area contributed by atoms with Gasteiger partial charge in [-0.05, 0) is 47.0 Å². The standard InChI is InChI=1S/C19H22BrNO3/c1-4-21(11-10-14-8-6-5-7-9-14)19(22)15-12-16(23-2)18(20)17(13-15)24-3/h5-9,12-13H,4,10-11H2,1-3H3. The molecule has 0 saturated heterocycles. The molecule has 0 N–H and O–H groups in total. The van der Waals surface area contributed by atoms with Gasteiger partial charge in [0.2, 0.25) is 0 Å². The van der Waals surface area contributed by atoms with Crippen LogP contribution in [-0.4, -0.2) is 38.1 Å². The summed E-state index contributed by atoms with van der Waals surface area (Å²) in [5.41, 5.74) is 1.77. The first-order valence-corrected chi connectivity index (χ1v) is 8.64. The predicted molar refractivity (Wildman–Crippen MR) is 99.0 cm³/mol. The zero-order valence-corrected chi connectivity index (χ0v) is 15.8. The molecule has 4 nitrogen and oxygen atoms in total. The third-order valence-electron chi connectivity index (χ3n) is 3.87. The first-order chi connectivity index (χ1) is 11.6. The Hall–Kier alpha value is -2.01. The van der Waals surface area contributed by atoms with Gasteiger partial charge in [0.25, 0.3) is 5.91 Å². The number of benzene rings is 2. The maximum absolute atomic E-state index is 12.8. The zero-order valence-electron chi connectivity index (χ0n) is 14.2. The van der Waals surface area contributed by atoms with Gasteiger partial charge in [0.1, 0.15) is 16.0 Å². The van der Waals surface area contributed by atoms with Crippen molar-refractivity contribution in [1.29, 1.82) is 0 Å².